The number of anilines is 1. The summed E-state index contributed by atoms with van der Waals surface area (Å²) in [6.45, 7) is 2.99. The predicted octanol–water partition coefficient (Wildman–Crippen LogP) is 3.48. The van der Waals surface area contributed by atoms with Crippen molar-refractivity contribution in [2.45, 2.75) is 19.9 Å². The number of aryl methyl sites for hydroxylation is 1. The molecule has 0 atom stereocenters. The molecule has 16 heavy (non-hydrogen) atoms. The van der Waals surface area contributed by atoms with Crippen molar-refractivity contribution in [1.82, 2.24) is 9.97 Å². The normalized spacial score (nSPS) is 10.4. The number of nitrogens with one attached hydrogen (secondary N) is 1. The van der Waals surface area contributed by atoms with Gasteiger partial charge in [-0.15, -0.1) is 11.3 Å². The van der Waals surface area contributed by atoms with Gasteiger partial charge in [0.2, 0.25) is 0 Å². The molecule has 1 N–H and O–H groups in total. The quantitative estimate of drug-likeness (QED) is 0.939. The van der Waals surface area contributed by atoms with Crippen LogP contribution in [0.4, 0.5) is 5.82 Å². The Morgan fingerprint density at radius 3 is 3.12 bits per heavy atom. The first-order chi connectivity index (χ1) is 7.81. The van der Waals surface area contributed by atoms with E-state index in [1.54, 1.807) is 23.9 Å². The minimum atomic E-state index is 0.816. The fraction of sp³-hybridized carbons (Fsp3) is 0.273. The van der Waals surface area contributed by atoms with Crippen LogP contribution in [0.3, 0.4) is 0 Å². The molecule has 0 spiro atoms. The molecule has 2 rings (SSSR count). The number of hydrogen-bond acceptors (Lipinski definition) is 4. The van der Waals surface area contributed by atoms with Crippen LogP contribution in [-0.2, 0) is 13.0 Å². The first kappa shape index (κ1) is 11.5. The van der Waals surface area contributed by atoms with E-state index in [1.165, 1.54) is 10.4 Å². The molecule has 0 unspecified atom stereocenters. The largest absolute Gasteiger partial charge is 0.364 e. The van der Waals surface area contributed by atoms with E-state index in [-0.39, 0.29) is 0 Å². The van der Waals surface area contributed by atoms with Crippen molar-refractivity contribution in [1.29, 1.82) is 0 Å². The second-order valence-corrected chi connectivity index (χ2v) is 5.15. The standard InChI is InChI=1S/C11H12BrN3S/c1-2-8-3-4-16-10(8)6-14-11-9(12)5-13-7-15-11/h3-5,7H,2,6H2,1H3,(H,13,14,15). The van der Waals surface area contributed by atoms with Gasteiger partial charge in [0.15, 0.2) is 0 Å². The third kappa shape index (κ3) is 2.59. The van der Waals surface area contributed by atoms with Crippen LogP contribution in [0.15, 0.2) is 28.4 Å². The molecule has 0 fully saturated rings. The van der Waals surface area contributed by atoms with Crippen LogP contribution >= 0.6 is 27.3 Å². The van der Waals surface area contributed by atoms with Gasteiger partial charge in [-0.25, -0.2) is 9.97 Å². The van der Waals surface area contributed by atoms with Crippen LogP contribution in [0.2, 0.25) is 0 Å². The molecule has 2 heterocycles. The van der Waals surface area contributed by atoms with E-state index in [1.807, 2.05) is 0 Å². The molecule has 2 aromatic rings. The van der Waals surface area contributed by atoms with Gasteiger partial charge in [0.1, 0.15) is 12.1 Å². The van der Waals surface area contributed by atoms with Gasteiger partial charge in [-0.2, -0.15) is 0 Å². The van der Waals surface area contributed by atoms with Gasteiger partial charge in [0, 0.05) is 11.1 Å². The average Bonchev–Trinajstić information content (AvgIpc) is 2.75. The monoisotopic (exact) mass is 297 g/mol. The first-order valence-corrected chi connectivity index (χ1v) is 6.73. The highest BCUT2D eigenvalue weighted by Crippen LogP contribution is 2.21. The van der Waals surface area contributed by atoms with Crippen LogP contribution in [-0.4, -0.2) is 9.97 Å². The highest BCUT2D eigenvalue weighted by molar-refractivity contribution is 9.10. The fourth-order valence-electron chi connectivity index (χ4n) is 1.44. The van der Waals surface area contributed by atoms with Crippen molar-refractivity contribution in [3.63, 3.8) is 0 Å². The van der Waals surface area contributed by atoms with Crippen molar-refractivity contribution in [2.24, 2.45) is 0 Å². The Balaban J connectivity index is 2.05. The molecule has 0 bridgehead atoms. The lowest BCUT2D eigenvalue weighted by Crippen LogP contribution is -2.02. The number of aromatic nitrogens is 2. The van der Waals surface area contributed by atoms with Gasteiger partial charge in [0.25, 0.3) is 0 Å². The zero-order valence-electron chi connectivity index (χ0n) is 8.90. The zero-order chi connectivity index (χ0) is 11.4. The average molecular weight is 298 g/mol. The Morgan fingerprint density at radius 1 is 1.50 bits per heavy atom. The molecule has 0 aliphatic carbocycles. The maximum atomic E-state index is 4.17. The van der Waals surface area contributed by atoms with E-state index < -0.39 is 0 Å². The topological polar surface area (TPSA) is 37.8 Å². The molecular formula is C11H12BrN3S. The summed E-state index contributed by atoms with van der Waals surface area (Å²) < 4.78 is 0.893. The Hall–Kier alpha value is -0.940. The Labute approximate surface area is 107 Å². The van der Waals surface area contributed by atoms with Crippen molar-refractivity contribution >= 4 is 33.1 Å². The second-order valence-electron chi connectivity index (χ2n) is 3.30. The summed E-state index contributed by atoms with van der Waals surface area (Å²) in [5, 5.41) is 5.43. The van der Waals surface area contributed by atoms with Crippen LogP contribution in [0, 0.1) is 0 Å². The number of nitrogens with zero attached hydrogens (tertiary/aromatic N) is 2. The molecule has 0 saturated carbocycles. The first-order valence-electron chi connectivity index (χ1n) is 5.06. The predicted molar refractivity (Wildman–Crippen MR) is 70.8 cm³/mol. The van der Waals surface area contributed by atoms with Crippen LogP contribution < -0.4 is 5.32 Å². The van der Waals surface area contributed by atoms with Crippen molar-refractivity contribution < 1.29 is 0 Å². The lowest BCUT2D eigenvalue weighted by Gasteiger charge is -2.06. The van der Waals surface area contributed by atoms with Gasteiger partial charge >= 0.3 is 0 Å². The molecule has 0 aliphatic heterocycles. The van der Waals surface area contributed by atoms with Crippen molar-refractivity contribution in [3.8, 4) is 0 Å². The van der Waals surface area contributed by atoms with E-state index in [0.29, 0.717) is 0 Å². The summed E-state index contributed by atoms with van der Waals surface area (Å²) in [6, 6.07) is 2.18. The molecule has 0 radical (unpaired) electrons. The lowest BCUT2D eigenvalue weighted by molar-refractivity contribution is 1.05. The summed E-state index contributed by atoms with van der Waals surface area (Å²) in [5.74, 6) is 0.838. The minimum absolute atomic E-state index is 0.816. The third-order valence-electron chi connectivity index (χ3n) is 2.30. The van der Waals surface area contributed by atoms with E-state index in [0.717, 1.165) is 23.3 Å². The van der Waals surface area contributed by atoms with E-state index >= 15 is 0 Å². The Bertz CT molecular complexity index is 470. The molecule has 2 aromatic heterocycles. The van der Waals surface area contributed by atoms with Crippen molar-refractivity contribution in [2.75, 3.05) is 5.32 Å². The van der Waals surface area contributed by atoms with Gasteiger partial charge < -0.3 is 5.32 Å². The second kappa shape index (κ2) is 5.41. The molecule has 84 valence electrons. The maximum absolute atomic E-state index is 4.17. The van der Waals surface area contributed by atoms with E-state index in [4.69, 9.17) is 0 Å². The zero-order valence-corrected chi connectivity index (χ0v) is 11.3. The highest BCUT2D eigenvalue weighted by atomic mass is 79.9. The molecule has 5 heteroatoms. The highest BCUT2D eigenvalue weighted by Gasteiger charge is 2.04. The number of hydrogen-bond donors (Lipinski definition) is 1. The summed E-state index contributed by atoms with van der Waals surface area (Å²) in [5.41, 5.74) is 1.41. The third-order valence-corrected chi connectivity index (χ3v) is 3.85. The van der Waals surface area contributed by atoms with Crippen LogP contribution in [0.25, 0.3) is 0 Å². The molecule has 0 amide bonds. The number of rotatable bonds is 4. The van der Waals surface area contributed by atoms with Gasteiger partial charge in [-0.3, -0.25) is 0 Å². The molecular weight excluding hydrogens is 286 g/mol. The Kier molecular flexibility index (Phi) is 3.90. The van der Waals surface area contributed by atoms with Crippen LogP contribution in [0.5, 0.6) is 0 Å². The van der Waals surface area contributed by atoms with Gasteiger partial charge in [0.05, 0.1) is 11.0 Å². The fourth-order valence-corrected chi connectivity index (χ4v) is 2.72. The van der Waals surface area contributed by atoms with E-state index in [2.05, 4.69) is 49.6 Å². The van der Waals surface area contributed by atoms with E-state index in [9.17, 15) is 0 Å². The molecule has 3 nitrogen and oxygen atoms in total. The lowest BCUT2D eigenvalue weighted by atomic mass is 10.2. The van der Waals surface area contributed by atoms with Gasteiger partial charge in [-0.05, 0) is 39.4 Å². The minimum Gasteiger partial charge on any atom is -0.364 e. The number of thiophene rings is 1. The smallest absolute Gasteiger partial charge is 0.144 e. The summed E-state index contributed by atoms with van der Waals surface area (Å²) in [7, 11) is 0. The summed E-state index contributed by atoms with van der Waals surface area (Å²) in [4.78, 5) is 9.47. The summed E-state index contributed by atoms with van der Waals surface area (Å²) in [6.07, 6.45) is 4.36. The van der Waals surface area contributed by atoms with Gasteiger partial charge in [-0.1, -0.05) is 6.92 Å². The maximum Gasteiger partial charge on any atom is 0.144 e. The van der Waals surface area contributed by atoms with Crippen LogP contribution in [0.1, 0.15) is 17.4 Å². The van der Waals surface area contributed by atoms with Crippen molar-refractivity contribution in [3.05, 3.63) is 38.9 Å². The molecule has 0 aliphatic rings. The molecule has 0 saturated heterocycles. The Morgan fingerprint density at radius 2 is 2.38 bits per heavy atom. The molecule has 0 aromatic carbocycles. The number of halogens is 1. The summed E-state index contributed by atoms with van der Waals surface area (Å²) >= 11 is 5.19. The SMILES string of the molecule is CCc1ccsc1CNc1ncncc1Br.